The van der Waals surface area contributed by atoms with E-state index in [0.717, 1.165) is 16.7 Å². The van der Waals surface area contributed by atoms with E-state index in [-0.39, 0.29) is 26.2 Å². The van der Waals surface area contributed by atoms with Gasteiger partial charge in [0.2, 0.25) is 0 Å². The third-order valence-corrected chi connectivity index (χ3v) is 7.45. The fourth-order valence-corrected chi connectivity index (χ4v) is 5.38. The van der Waals surface area contributed by atoms with E-state index in [0.29, 0.717) is 11.3 Å². The molecule has 0 fully saturated rings. The van der Waals surface area contributed by atoms with Crippen LogP contribution in [-0.4, -0.2) is 29.5 Å². The minimum absolute atomic E-state index is 0.0397. The van der Waals surface area contributed by atoms with Gasteiger partial charge in [-0.1, -0.05) is 91.0 Å². The molecule has 0 N–H and O–H groups in total. The highest BCUT2D eigenvalue weighted by Crippen LogP contribution is 2.29. The number of carbonyl (C=O) groups is 1. The van der Waals surface area contributed by atoms with Gasteiger partial charge in [-0.25, -0.2) is 4.79 Å². The van der Waals surface area contributed by atoms with Crippen LogP contribution >= 0.6 is 0 Å². The second kappa shape index (κ2) is 10.0. The molecule has 0 amide bonds. The number of carbonyl (C=O) groups excluding carboxylic acids is 1. The molecule has 0 aromatic heterocycles. The van der Waals surface area contributed by atoms with E-state index >= 15 is 0 Å². The number of hydrogen-bond acceptors (Lipinski definition) is 4. The van der Waals surface area contributed by atoms with Crippen LogP contribution in [0.1, 0.15) is 23.6 Å². The van der Waals surface area contributed by atoms with Crippen molar-refractivity contribution in [2.24, 2.45) is 0 Å². The van der Waals surface area contributed by atoms with Crippen LogP contribution in [0, 0.1) is 0 Å². The van der Waals surface area contributed by atoms with E-state index in [1.165, 1.54) is 8.61 Å². The van der Waals surface area contributed by atoms with Crippen molar-refractivity contribution in [3.63, 3.8) is 0 Å². The van der Waals surface area contributed by atoms with Crippen molar-refractivity contribution in [1.82, 2.24) is 8.61 Å². The molecular weight excluding hydrogens is 436 g/mol. The van der Waals surface area contributed by atoms with Crippen molar-refractivity contribution in [1.29, 1.82) is 0 Å². The minimum atomic E-state index is -3.84. The second-order valence-corrected chi connectivity index (χ2v) is 9.73. The molecule has 33 heavy (non-hydrogen) atoms. The average molecular weight is 463 g/mol. The van der Waals surface area contributed by atoms with Gasteiger partial charge in [0.1, 0.15) is 6.61 Å². The smallest absolute Gasteiger partial charge is 0.337 e. The molecule has 4 rings (SSSR count). The highest BCUT2D eigenvalue weighted by Gasteiger charge is 2.39. The van der Waals surface area contributed by atoms with Crippen molar-refractivity contribution in [3.05, 3.63) is 119 Å². The molecule has 0 spiro atoms. The zero-order valence-corrected chi connectivity index (χ0v) is 19.2. The number of allylic oxidation sites excluding steroid dienone is 1. The number of esters is 1. The monoisotopic (exact) mass is 462 g/mol. The fraction of sp³-hybridized carbons (Fsp3) is 0.192. The van der Waals surface area contributed by atoms with Crippen molar-refractivity contribution < 1.29 is 17.9 Å². The van der Waals surface area contributed by atoms with E-state index in [4.69, 9.17) is 4.74 Å². The quantitative estimate of drug-likeness (QED) is 0.492. The van der Waals surface area contributed by atoms with E-state index in [9.17, 15) is 13.2 Å². The van der Waals surface area contributed by atoms with E-state index in [2.05, 4.69) is 0 Å². The van der Waals surface area contributed by atoms with Crippen molar-refractivity contribution in [2.45, 2.75) is 26.6 Å². The normalized spacial score (nSPS) is 16.0. The maximum absolute atomic E-state index is 13.5. The number of ether oxygens (including phenoxy) is 1. The van der Waals surface area contributed by atoms with Gasteiger partial charge in [-0.2, -0.15) is 12.7 Å². The second-order valence-electron chi connectivity index (χ2n) is 7.88. The summed E-state index contributed by atoms with van der Waals surface area (Å²) in [5.41, 5.74) is 3.28. The lowest BCUT2D eigenvalue weighted by Gasteiger charge is -2.37. The highest BCUT2D eigenvalue weighted by molar-refractivity contribution is 7.86. The summed E-state index contributed by atoms with van der Waals surface area (Å²) in [6.45, 7) is 2.05. The summed E-state index contributed by atoms with van der Waals surface area (Å²) in [4.78, 5) is 13.1. The highest BCUT2D eigenvalue weighted by atomic mass is 32.2. The number of hydrogen-bond donors (Lipinski definition) is 0. The van der Waals surface area contributed by atoms with Gasteiger partial charge in [-0.3, -0.25) is 4.31 Å². The molecule has 3 aromatic rings. The van der Waals surface area contributed by atoms with Gasteiger partial charge in [0.05, 0.1) is 12.1 Å². The van der Waals surface area contributed by atoms with E-state index < -0.39 is 16.2 Å². The lowest BCUT2D eigenvalue weighted by atomic mass is 10.1. The average Bonchev–Trinajstić information content (AvgIpc) is 2.84. The number of benzene rings is 3. The zero-order chi connectivity index (χ0) is 23.3. The summed E-state index contributed by atoms with van der Waals surface area (Å²) in [5.74, 6) is -0.512. The summed E-state index contributed by atoms with van der Waals surface area (Å²) in [6.07, 6.45) is 0. The Morgan fingerprint density at radius 2 is 1.27 bits per heavy atom. The van der Waals surface area contributed by atoms with Gasteiger partial charge >= 0.3 is 16.2 Å². The van der Waals surface area contributed by atoms with Gasteiger partial charge in [-0.05, 0) is 23.6 Å². The van der Waals surface area contributed by atoms with Crippen LogP contribution in [0.3, 0.4) is 0 Å². The molecule has 1 aliphatic rings. The van der Waals surface area contributed by atoms with Gasteiger partial charge < -0.3 is 4.74 Å². The molecule has 7 heteroatoms. The van der Waals surface area contributed by atoms with Crippen molar-refractivity contribution in [3.8, 4) is 0 Å². The van der Waals surface area contributed by atoms with Crippen molar-refractivity contribution in [2.75, 3.05) is 6.54 Å². The molecule has 0 unspecified atom stereocenters. The predicted octanol–water partition coefficient (Wildman–Crippen LogP) is 4.27. The summed E-state index contributed by atoms with van der Waals surface area (Å²) in [5, 5.41) is 0. The number of nitrogens with zero attached hydrogens (tertiary/aromatic N) is 2. The lowest BCUT2D eigenvalue weighted by molar-refractivity contribution is -0.140. The van der Waals surface area contributed by atoms with Crippen LogP contribution in [0.4, 0.5) is 0 Å². The topological polar surface area (TPSA) is 66.9 Å². The Labute approximate surface area is 194 Å². The van der Waals surface area contributed by atoms with Crippen LogP contribution in [0.25, 0.3) is 0 Å². The van der Waals surface area contributed by atoms with Crippen LogP contribution in [0.2, 0.25) is 0 Å². The Balaban J connectivity index is 1.65. The molecule has 0 saturated carbocycles. The summed E-state index contributed by atoms with van der Waals surface area (Å²) in [6, 6.07) is 28.1. The van der Waals surface area contributed by atoms with Crippen LogP contribution < -0.4 is 0 Å². The maximum Gasteiger partial charge on any atom is 0.337 e. The Hall–Kier alpha value is -3.42. The lowest BCUT2D eigenvalue weighted by Crippen LogP contribution is -2.48. The summed E-state index contributed by atoms with van der Waals surface area (Å²) in [7, 11) is -3.84. The number of rotatable bonds is 7. The SMILES string of the molecule is CC1=C(C(=O)OCc2ccccc2)CN(Cc2ccccc2)S(=O)(=O)N1Cc1ccccc1. The molecule has 1 heterocycles. The van der Waals surface area contributed by atoms with Gasteiger partial charge in [0.15, 0.2) is 0 Å². The summed E-state index contributed by atoms with van der Waals surface area (Å²) < 4.78 is 35.3. The van der Waals surface area contributed by atoms with Crippen molar-refractivity contribution >= 4 is 16.2 Å². The molecule has 3 aromatic carbocycles. The Morgan fingerprint density at radius 1 is 0.788 bits per heavy atom. The molecule has 1 aliphatic heterocycles. The standard InChI is InChI=1S/C26H26N2O4S/c1-21-25(26(29)32-20-24-15-9-4-10-16-24)19-27(17-22-11-5-2-6-12-22)33(30,31)28(21)18-23-13-7-3-8-14-23/h2-16H,17-20H2,1H3. The Kier molecular flexibility index (Phi) is 6.91. The first-order chi connectivity index (χ1) is 15.9. The first-order valence-corrected chi connectivity index (χ1v) is 12.1. The van der Waals surface area contributed by atoms with Crippen LogP contribution in [0.15, 0.2) is 102 Å². The Bertz CT molecular complexity index is 1230. The first-order valence-electron chi connectivity index (χ1n) is 10.7. The molecule has 0 bridgehead atoms. The zero-order valence-electron chi connectivity index (χ0n) is 18.4. The predicted molar refractivity (Wildman–Crippen MR) is 127 cm³/mol. The molecule has 6 nitrogen and oxygen atoms in total. The minimum Gasteiger partial charge on any atom is -0.457 e. The largest absolute Gasteiger partial charge is 0.457 e. The van der Waals surface area contributed by atoms with Gasteiger partial charge in [0.25, 0.3) is 0 Å². The maximum atomic E-state index is 13.5. The molecular formula is C26H26N2O4S. The van der Waals surface area contributed by atoms with Gasteiger partial charge in [0, 0.05) is 18.8 Å². The van der Waals surface area contributed by atoms with Crippen LogP contribution in [0.5, 0.6) is 0 Å². The van der Waals surface area contributed by atoms with Gasteiger partial charge in [-0.15, -0.1) is 0 Å². The Morgan fingerprint density at radius 3 is 1.82 bits per heavy atom. The third-order valence-electron chi connectivity index (χ3n) is 5.58. The van der Waals surface area contributed by atoms with Crippen LogP contribution in [-0.2, 0) is 39.4 Å². The molecule has 170 valence electrons. The van der Waals surface area contributed by atoms with E-state index in [1.807, 2.05) is 91.0 Å². The third kappa shape index (κ3) is 5.32. The first kappa shape index (κ1) is 22.8. The fourth-order valence-electron chi connectivity index (χ4n) is 3.73. The molecule has 0 atom stereocenters. The van der Waals surface area contributed by atoms with E-state index in [1.54, 1.807) is 6.92 Å². The summed E-state index contributed by atoms with van der Waals surface area (Å²) >= 11 is 0. The molecule has 0 aliphatic carbocycles. The molecule has 0 saturated heterocycles. The molecule has 0 radical (unpaired) electrons.